The van der Waals surface area contributed by atoms with Crippen molar-refractivity contribution in [1.29, 1.82) is 0 Å². The van der Waals surface area contributed by atoms with Gasteiger partial charge in [-0.3, -0.25) is 0 Å². The number of nitrogens with zero attached hydrogens (tertiary/aromatic N) is 4. The van der Waals surface area contributed by atoms with E-state index in [2.05, 4.69) is 36.8 Å². The van der Waals surface area contributed by atoms with Gasteiger partial charge in [0.25, 0.3) is 0 Å². The maximum absolute atomic E-state index is 4.83. The minimum Gasteiger partial charge on any atom is -0.345 e. The normalized spacial score (nSPS) is 12.0. The molecule has 0 saturated carbocycles. The van der Waals surface area contributed by atoms with E-state index in [0.717, 1.165) is 33.8 Å². The van der Waals surface area contributed by atoms with Crippen LogP contribution in [0.15, 0.2) is 54.9 Å². The molecule has 120 valence electrons. The Morgan fingerprint density at radius 3 is 2.50 bits per heavy atom. The summed E-state index contributed by atoms with van der Waals surface area (Å²) in [6, 6.07) is 16.2. The van der Waals surface area contributed by atoms with E-state index >= 15 is 0 Å². The van der Waals surface area contributed by atoms with Gasteiger partial charge in [-0.15, -0.1) is 5.10 Å². The van der Waals surface area contributed by atoms with Crippen LogP contribution in [0.1, 0.15) is 20.8 Å². The summed E-state index contributed by atoms with van der Waals surface area (Å²) in [6.45, 7) is 6.40. The predicted molar refractivity (Wildman–Crippen MR) is 95.5 cm³/mol. The van der Waals surface area contributed by atoms with E-state index < -0.39 is 0 Å². The Morgan fingerprint density at radius 1 is 0.958 bits per heavy atom. The van der Waals surface area contributed by atoms with Crippen LogP contribution in [0.2, 0.25) is 0 Å². The molecule has 0 fully saturated rings. The van der Waals surface area contributed by atoms with E-state index in [4.69, 9.17) is 10.1 Å². The van der Waals surface area contributed by atoms with E-state index in [0.29, 0.717) is 0 Å². The van der Waals surface area contributed by atoms with Gasteiger partial charge < -0.3 is 4.98 Å². The average molecular weight is 317 g/mol. The van der Waals surface area contributed by atoms with Crippen LogP contribution < -0.4 is 0 Å². The van der Waals surface area contributed by atoms with Gasteiger partial charge in [-0.2, -0.15) is 0 Å². The lowest BCUT2D eigenvalue weighted by Gasteiger charge is -2.21. The summed E-state index contributed by atoms with van der Waals surface area (Å²) in [7, 11) is 0. The molecule has 24 heavy (non-hydrogen) atoms. The fourth-order valence-electron chi connectivity index (χ4n) is 2.75. The molecule has 5 heteroatoms. The summed E-state index contributed by atoms with van der Waals surface area (Å²) in [5, 5.41) is 4.78. The van der Waals surface area contributed by atoms with Gasteiger partial charge in [-0.1, -0.05) is 30.3 Å². The molecule has 4 aromatic rings. The van der Waals surface area contributed by atoms with E-state index in [9.17, 15) is 0 Å². The molecule has 0 aliphatic heterocycles. The number of benzene rings is 2. The molecule has 0 aliphatic carbocycles. The summed E-state index contributed by atoms with van der Waals surface area (Å²) in [6.07, 6.45) is 1.71. The Hall–Kier alpha value is -2.95. The van der Waals surface area contributed by atoms with Gasteiger partial charge in [0.05, 0.1) is 22.9 Å². The van der Waals surface area contributed by atoms with Crippen molar-refractivity contribution < 1.29 is 0 Å². The molecule has 0 bridgehead atoms. The fraction of sp³-hybridized carbons (Fsp3) is 0.211. The van der Waals surface area contributed by atoms with Crippen molar-refractivity contribution in [2.24, 2.45) is 0 Å². The second kappa shape index (κ2) is 5.30. The van der Waals surface area contributed by atoms with Gasteiger partial charge in [0.15, 0.2) is 11.6 Å². The molecule has 5 nitrogen and oxygen atoms in total. The van der Waals surface area contributed by atoms with Crippen molar-refractivity contribution in [3.63, 3.8) is 0 Å². The number of hydrogen-bond donors (Lipinski definition) is 1. The van der Waals surface area contributed by atoms with Gasteiger partial charge in [0, 0.05) is 11.1 Å². The first-order valence-electron chi connectivity index (χ1n) is 7.99. The minimum absolute atomic E-state index is 0.168. The van der Waals surface area contributed by atoms with E-state index in [1.165, 1.54) is 0 Å². The third kappa shape index (κ3) is 2.48. The second-order valence-electron chi connectivity index (χ2n) is 6.84. The lowest BCUT2D eigenvalue weighted by Crippen LogP contribution is -2.24. The van der Waals surface area contributed by atoms with Crippen molar-refractivity contribution in [2.45, 2.75) is 26.3 Å². The van der Waals surface area contributed by atoms with Gasteiger partial charge in [-0.05, 0) is 39.0 Å². The third-order valence-corrected chi connectivity index (χ3v) is 3.95. The van der Waals surface area contributed by atoms with Crippen LogP contribution >= 0.6 is 0 Å². The number of rotatable bonds is 2. The first-order valence-corrected chi connectivity index (χ1v) is 7.99. The highest BCUT2D eigenvalue weighted by atomic mass is 15.4. The zero-order valence-corrected chi connectivity index (χ0v) is 14.0. The van der Waals surface area contributed by atoms with Crippen molar-refractivity contribution >= 4 is 11.0 Å². The molecule has 4 rings (SSSR count). The summed E-state index contributed by atoms with van der Waals surface area (Å²) in [5.41, 5.74) is 3.82. The second-order valence-corrected chi connectivity index (χ2v) is 6.84. The highest BCUT2D eigenvalue weighted by Crippen LogP contribution is 2.28. The Morgan fingerprint density at radius 2 is 1.75 bits per heavy atom. The quantitative estimate of drug-likeness (QED) is 0.601. The molecule has 0 saturated heterocycles. The highest BCUT2D eigenvalue weighted by molar-refractivity contribution is 5.80. The molecule has 0 radical (unpaired) electrons. The summed E-state index contributed by atoms with van der Waals surface area (Å²) < 4.78 is 1.99. The SMILES string of the molecule is CC(C)(C)n1nc(-c2ccccc2)nc1-c1ccc2nc[nH]c2c1. The van der Waals surface area contributed by atoms with Crippen LogP contribution in [0.5, 0.6) is 0 Å². The monoisotopic (exact) mass is 317 g/mol. The van der Waals surface area contributed by atoms with E-state index in [1.807, 2.05) is 47.1 Å². The van der Waals surface area contributed by atoms with Crippen LogP contribution in [0.25, 0.3) is 33.8 Å². The Bertz CT molecular complexity index is 989. The van der Waals surface area contributed by atoms with Gasteiger partial charge in [0.1, 0.15) is 0 Å². The lowest BCUT2D eigenvalue weighted by atomic mass is 10.1. The molecule has 0 unspecified atom stereocenters. The topological polar surface area (TPSA) is 59.4 Å². The Kier molecular flexibility index (Phi) is 3.23. The number of imidazole rings is 1. The molecule has 0 spiro atoms. The molecule has 0 atom stereocenters. The van der Waals surface area contributed by atoms with Gasteiger partial charge >= 0.3 is 0 Å². The molecule has 2 heterocycles. The molecule has 1 N–H and O–H groups in total. The van der Waals surface area contributed by atoms with Crippen LogP contribution in [0.4, 0.5) is 0 Å². The molecule has 0 aliphatic rings. The summed E-state index contributed by atoms with van der Waals surface area (Å²) >= 11 is 0. The average Bonchev–Trinajstić information content (AvgIpc) is 3.21. The maximum Gasteiger partial charge on any atom is 0.181 e. The van der Waals surface area contributed by atoms with Crippen LogP contribution in [-0.4, -0.2) is 24.7 Å². The summed E-state index contributed by atoms with van der Waals surface area (Å²) in [4.78, 5) is 12.3. The molecule has 2 aromatic heterocycles. The minimum atomic E-state index is -0.168. The fourth-order valence-corrected chi connectivity index (χ4v) is 2.75. The molecular weight excluding hydrogens is 298 g/mol. The largest absolute Gasteiger partial charge is 0.345 e. The first-order chi connectivity index (χ1) is 11.5. The van der Waals surface area contributed by atoms with Crippen LogP contribution in [0.3, 0.4) is 0 Å². The third-order valence-electron chi connectivity index (χ3n) is 3.95. The van der Waals surface area contributed by atoms with Gasteiger partial charge in [-0.25, -0.2) is 14.6 Å². The number of hydrogen-bond acceptors (Lipinski definition) is 3. The number of fused-ring (bicyclic) bond motifs is 1. The Balaban J connectivity index is 1.91. The molecular formula is C19H19N5. The number of aromatic amines is 1. The Labute approximate surface area is 140 Å². The van der Waals surface area contributed by atoms with Crippen molar-refractivity contribution in [1.82, 2.24) is 24.7 Å². The number of H-pyrrole nitrogens is 1. The van der Waals surface area contributed by atoms with Crippen LogP contribution in [0, 0.1) is 0 Å². The predicted octanol–water partition coefficient (Wildman–Crippen LogP) is 4.24. The summed E-state index contributed by atoms with van der Waals surface area (Å²) in [5.74, 6) is 1.60. The van der Waals surface area contributed by atoms with E-state index in [-0.39, 0.29) is 5.54 Å². The lowest BCUT2D eigenvalue weighted by molar-refractivity contribution is 0.360. The maximum atomic E-state index is 4.83. The zero-order valence-electron chi connectivity index (χ0n) is 14.0. The number of aromatic nitrogens is 5. The number of nitrogens with one attached hydrogen (secondary N) is 1. The van der Waals surface area contributed by atoms with E-state index in [1.54, 1.807) is 6.33 Å². The van der Waals surface area contributed by atoms with Crippen molar-refractivity contribution in [3.05, 3.63) is 54.9 Å². The smallest absolute Gasteiger partial charge is 0.181 e. The highest BCUT2D eigenvalue weighted by Gasteiger charge is 2.22. The first kappa shape index (κ1) is 14.6. The molecule has 2 aromatic carbocycles. The van der Waals surface area contributed by atoms with Crippen molar-refractivity contribution in [2.75, 3.05) is 0 Å². The zero-order chi connectivity index (χ0) is 16.7. The molecule has 0 amide bonds. The van der Waals surface area contributed by atoms with Gasteiger partial charge in [0.2, 0.25) is 0 Å². The standard InChI is InChI=1S/C19H19N5/c1-19(2,3)24-18(14-9-10-15-16(11-14)21-12-20-15)22-17(23-24)13-7-5-4-6-8-13/h4-12H,1-3H3,(H,20,21). The van der Waals surface area contributed by atoms with Crippen molar-refractivity contribution in [3.8, 4) is 22.8 Å². The van der Waals surface area contributed by atoms with Crippen LogP contribution in [-0.2, 0) is 5.54 Å².